The summed E-state index contributed by atoms with van der Waals surface area (Å²) < 4.78 is 9.47. The lowest BCUT2D eigenvalue weighted by atomic mass is 10.6. The van der Waals surface area contributed by atoms with E-state index in [9.17, 15) is 0 Å². The van der Waals surface area contributed by atoms with E-state index in [2.05, 4.69) is 16.7 Å². The molecular weight excluding hydrogens is 132 g/mol. The van der Waals surface area contributed by atoms with Crippen LogP contribution < -0.4 is 0 Å². The van der Waals surface area contributed by atoms with Crippen molar-refractivity contribution in [1.29, 1.82) is 0 Å². The van der Waals surface area contributed by atoms with Crippen LogP contribution in [0.3, 0.4) is 0 Å². The lowest BCUT2D eigenvalue weighted by Gasteiger charge is -1.85. The molecule has 0 aromatic carbocycles. The van der Waals surface area contributed by atoms with Crippen molar-refractivity contribution in [3.63, 3.8) is 0 Å². The van der Waals surface area contributed by atoms with E-state index >= 15 is 0 Å². The minimum atomic E-state index is 0.372. The molecule has 1 aromatic heterocycles. The number of nitrogens with zero attached hydrogens (tertiary/aromatic N) is 2. The Bertz CT molecular complexity index is 219. The molecule has 4 nitrogen and oxygen atoms in total. The van der Waals surface area contributed by atoms with Gasteiger partial charge < -0.3 is 9.26 Å². The third-order valence-electron chi connectivity index (χ3n) is 0.932. The Morgan fingerprint density at radius 3 is 3.10 bits per heavy atom. The number of aromatic nitrogens is 2. The summed E-state index contributed by atoms with van der Waals surface area (Å²) >= 11 is 0. The molecule has 0 saturated heterocycles. The zero-order valence-electron chi connectivity index (χ0n) is 5.70. The lowest BCUT2D eigenvalue weighted by Crippen LogP contribution is -1.88. The fraction of sp³-hybridized carbons (Fsp3) is 0.333. The number of methoxy groups -OCH3 is 1. The molecule has 0 amide bonds. The van der Waals surface area contributed by atoms with Crippen LogP contribution in [0.5, 0.6) is 0 Å². The van der Waals surface area contributed by atoms with Gasteiger partial charge in [-0.3, -0.25) is 0 Å². The van der Waals surface area contributed by atoms with Crippen LogP contribution in [0.25, 0.3) is 6.08 Å². The smallest absolute Gasteiger partial charge is 0.250 e. The number of hydrogen-bond donors (Lipinski definition) is 0. The van der Waals surface area contributed by atoms with Gasteiger partial charge >= 0.3 is 0 Å². The minimum Gasteiger partial charge on any atom is -0.377 e. The molecule has 0 aliphatic rings. The molecule has 0 bridgehead atoms. The Kier molecular flexibility index (Phi) is 2.17. The first-order valence-electron chi connectivity index (χ1n) is 2.80. The van der Waals surface area contributed by atoms with Gasteiger partial charge in [0.15, 0.2) is 5.82 Å². The highest BCUT2D eigenvalue weighted by Gasteiger charge is 1.99. The van der Waals surface area contributed by atoms with E-state index in [1.54, 1.807) is 7.11 Å². The topological polar surface area (TPSA) is 48.2 Å². The van der Waals surface area contributed by atoms with Crippen LogP contribution in [0.1, 0.15) is 11.7 Å². The highest BCUT2D eigenvalue weighted by molar-refractivity contribution is 5.32. The summed E-state index contributed by atoms with van der Waals surface area (Å²) in [4.78, 5) is 3.90. The number of ether oxygens (including phenoxy) is 1. The number of hydrogen-bond acceptors (Lipinski definition) is 4. The second kappa shape index (κ2) is 3.12. The Labute approximate surface area is 58.5 Å². The molecule has 54 valence electrons. The Morgan fingerprint density at radius 2 is 2.60 bits per heavy atom. The summed E-state index contributed by atoms with van der Waals surface area (Å²) in [5, 5.41) is 3.59. The van der Waals surface area contributed by atoms with Gasteiger partial charge in [-0.2, -0.15) is 4.98 Å². The van der Waals surface area contributed by atoms with Crippen LogP contribution in [0.15, 0.2) is 11.1 Å². The van der Waals surface area contributed by atoms with Gasteiger partial charge in [0, 0.05) is 7.11 Å². The summed E-state index contributed by atoms with van der Waals surface area (Å²) in [6.45, 7) is 3.84. The van der Waals surface area contributed by atoms with Crippen LogP contribution >= 0.6 is 0 Å². The average Bonchev–Trinajstić information content (AvgIpc) is 2.37. The summed E-state index contributed by atoms with van der Waals surface area (Å²) in [5.74, 6) is 0.962. The quantitative estimate of drug-likeness (QED) is 0.624. The van der Waals surface area contributed by atoms with Crippen molar-refractivity contribution in [2.24, 2.45) is 0 Å². The predicted octanol–water partition coefficient (Wildman–Crippen LogP) is 0.859. The van der Waals surface area contributed by atoms with E-state index in [0.717, 1.165) is 0 Å². The van der Waals surface area contributed by atoms with Crippen molar-refractivity contribution in [1.82, 2.24) is 10.1 Å². The monoisotopic (exact) mass is 140 g/mol. The van der Waals surface area contributed by atoms with E-state index < -0.39 is 0 Å². The summed E-state index contributed by atoms with van der Waals surface area (Å²) in [6, 6.07) is 0. The fourth-order valence-electron chi connectivity index (χ4n) is 0.538. The van der Waals surface area contributed by atoms with E-state index in [1.165, 1.54) is 6.08 Å². The van der Waals surface area contributed by atoms with Gasteiger partial charge in [-0.15, -0.1) is 0 Å². The average molecular weight is 140 g/mol. The highest BCUT2D eigenvalue weighted by Crippen LogP contribution is 1.98. The first-order chi connectivity index (χ1) is 4.86. The molecule has 1 rings (SSSR count). The normalized spacial score (nSPS) is 9.70. The van der Waals surface area contributed by atoms with Gasteiger partial charge in [0.1, 0.15) is 6.61 Å². The van der Waals surface area contributed by atoms with Crippen molar-refractivity contribution in [3.8, 4) is 0 Å². The Hall–Kier alpha value is -1.16. The zero-order valence-corrected chi connectivity index (χ0v) is 5.70. The highest BCUT2D eigenvalue weighted by atomic mass is 16.5. The maximum Gasteiger partial charge on any atom is 0.250 e. The van der Waals surface area contributed by atoms with Gasteiger partial charge in [0.05, 0.1) is 0 Å². The molecule has 0 radical (unpaired) electrons. The molecule has 0 N–H and O–H groups in total. The van der Waals surface area contributed by atoms with Crippen LogP contribution in [-0.2, 0) is 11.3 Å². The zero-order chi connectivity index (χ0) is 7.40. The Morgan fingerprint density at radius 1 is 1.80 bits per heavy atom. The molecule has 1 heterocycles. The van der Waals surface area contributed by atoms with Crippen molar-refractivity contribution >= 4 is 6.08 Å². The largest absolute Gasteiger partial charge is 0.377 e. The van der Waals surface area contributed by atoms with Gasteiger partial charge in [-0.1, -0.05) is 11.7 Å². The molecule has 1 aromatic rings. The Balaban J connectivity index is 2.68. The SMILES string of the molecule is C=Cc1nc(COC)no1. The first-order valence-corrected chi connectivity index (χ1v) is 2.80. The van der Waals surface area contributed by atoms with Gasteiger partial charge in [-0.05, 0) is 6.08 Å². The maximum atomic E-state index is 4.77. The van der Waals surface area contributed by atoms with E-state index in [1.807, 2.05) is 0 Å². The van der Waals surface area contributed by atoms with E-state index in [4.69, 9.17) is 9.26 Å². The molecule has 10 heavy (non-hydrogen) atoms. The second-order valence-corrected chi connectivity index (χ2v) is 1.69. The maximum absolute atomic E-state index is 4.77. The molecular formula is C6H8N2O2. The molecule has 4 heteroatoms. The summed E-state index contributed by atoms with van der Waals surface area (Å²) in [6.07, 6.45) is 1.49. The van der Waals surface area contributed by atoms with E-state index in [-0.39, 0.29) is 0 Å². The van der Waals surface area contributed by atoms with Gasteiger partial charge in [0.25, 0.3) is 0 Å². The third kappa shape index (κ3) is 1.41. The third-order valence-corrected chi connectivity index (χ3v) is 0.932. The molecule has 0 aliphatic heterocycles. The number of rotatable bonds is 3. The molecule has 0 aliphatic carbocycles. The van der Waals surface area contributed by atoms with Gasteiger partial charge in [0.2, 0.25) is 5.89 Å². The van der Waals surface area contributed by atoms with Crippen LogP contribution in [-0.4, -0.2) is 17.3 Å². The molecule has 0 fully saturated rings. The lowest BCUT2D eigenvalue weighted by molar-refractivity contribution is 0.174. The van der Waals surface area contributed by atoms with Crippen LogP contribution in [0.4, 0.5) is 0 Å². The van der Waals surface area contributed by atoms with Crippen LogP contribution in [0.2, 0.25) is 0 Å². The first kappa shape index (κ1) is 6.95. The van der Waals surface area contributed by atoms with Crippen molar-refractivity contribution in [2.75, 3.05) is 7.11 Å². The van der Waals surface area contributed by atoms with Crippen molar-refractivity contribution in [2.45, 2.75) is 6.61 Å². The van der Waals surface area contributed by atoms with E-state index in [0.29, 0.717) is 18.3 Å². The molecule has 0 atom stereocenters. The van der Waals surface area contributed by atoms with Crippen molar-refractivity contribution < 1.29 is 9.26 Å². The standard InChI is InChI=1S/C6H8N2O2/c1-3-6-7-5(4-9-2)8-10-6/h3H,1,4H2,2H3. The van der Waals surface area contributed by atoms with Crippen molar-refractivity contribution in [3.05, 3.63) is 18.3 Å². The minimum absolute atomic E-state index is 0.372. The summed E-state index contributed by atoms with van der Waals surface area (Å²) in [5.41, 5.74) is 0. The second-order valence-electron chi connectivity index (χ2n) is 1.69. The molecule has 0 unspecified atom stereocenters. The van der Waals surface area contributed by atoms with Gasteiger partial charge in [-0.25, -0.2) is 0 Å². The fourth-order valence-corrected chi connectivity index (χ4v) is 0.538. The molecule has 0 spiro atoms. The van der Waals surface area contributed by atoms with Crippen LogP contribution in [0, 0.1) is 0 Å². The molecule has 0 saturated carbocycles. The predicted molar refractivity (Wildman–Crippen MR) is 35.1 cm³/mol. The summed E-state index contributed by atoms with van der Waals surface area (Å²) in [7, 11) is 1.57.